The predicted molar refractivity (Wildman–Crippen MR) is 117 cm³/mol. The van der Waals surface area contributed by atoms with Crippen LogP contribution in [-0.4, -0.2) is 43.4 Å². The van der Waals surface area contributed by atoms with E-state index in [4.69, 9.17) is 0 Å². The van der Waals surface area contributed by atoms with Crippen LogP contribution < -0.4 is 10.6 Å². The van der Waals surface area contributed by atoms with Crippen molar-refractivity contribution in [3.8, 4) is 21.8 Å². The number of aromatic nitrogens is 5. The van der Waals surface area contributed by atoms with Crippen LogP contribution in [0.2, 0.25) is 0 Å². The van der Waals surface area contributed by atoms with Crippen molar-refractivity contribution in [3.63, 3.8) is 0 Å². The van der Waals surface area contributed by atoms with Gasteiger partial charge in [-0.05, 0) is 43.9 Å². The number of halogens is 3. The van der Waals surface area contributed by atoms with Crippen LogP contribution in [0.4, 0.5) is 19.1 Å². The SMILES string of the molecule is Cc1nsc(-c2ccc3c(-c4nc(N[C@H]5CCCNC5)ncc4C(F)(F)F)c[nH]c3c2)n1. The minimum absolute atomic E-state index is 0.0780. The summed E-state index contributed by atoms with van der Waals surface area (Å²) in [5.41, 5.74) is 0.907. The van der Waals surface area contributed by atoms with Crippen molar-refractivity contribution in [1.29, 1.82) is 0 Å². The number of nitrogens with zero attached hydrogens (tertiary/aromatic N) is 4. The van der Waals surface area contributed by atoms with Crippen LogP contribution in [0.25, 0.3) is 32.7 Å². The monoisotopic (exact) mass is 459 g/mol. The van der Waals surface area contributed by atoms with Crippen molar-refractivity contribution in [3.05, 3.63) is 42.0 Å². The zero-order chi connectivity index (χ0) is 22.3. The summed E-state index contributed by atoms with van der Waals surface area (Å²) in [6, 6.07) is 5.56. The molecule has 0 bridgehead atoms. The van der Waals surface area contributed by atoms with Gasteiger partial charge in [0.2, 0.25) is 5.95 Å². The summed E-state index contributed by atoms with van der Waals surface area (Å²) in [7, 11) is 0. The molecule has 3 N–H and O–H groups in total. The molecule has 0 spiro atoms. The standard InChI is InChI=1S/C21H20F3N7S/c1-11-28-19(32-31-11)12-4-5-14-15(9-26-17(14)7-12)18-16(21(22,23)24)10-27-20(30-18)29-13-3-2-6-25-8-13/h4-5,7,9-10,13,25-26H,2-3,6,8H2,1H3,(H,27,29,30)/t13-/m0/s1. The van der Waals surface area contributed by atoms with Gasteiger partial charge in [0.1, 0.15) is 16.4 Å². The first kappa shape index (κ1) is 20.8. The lowest BCUT2D eigenvalue weighted by Crippen LogP contribution is -2.38. The van der Waals surface area contributed by atoms with Crippen molar-refractivity contribution < 1.29 is 13.2 Å². The normalized spacial score (nSPS) is 17.1. The van der Waals surface area contributed by atoms with E-state index < -0.39 is 11.7 Å². The highest BCUT2D eigenvalue weighted by molar-refractivity contribution is 7.09. The van der Waals surface area contributed by atoms with E-state index in [9.17, 15) is 13.2 Å². The van der Waals surface area contributed by atoms with E-state index in [-0.39, 0.29) is 17.7 Å². The highest BCUT2D eigenvalue weighted by Gasteiger charge is 2.36. The molecule has 0 aliphatic carbocycles. The molecular formula is C21H20F3N7S. The van der Waals surface area contributed by atoms with Crippen LogP contribution >= 0.6 is 11.5 Å². The molecule has 1 aromatic carbocycles. The van der Waals surface area contributed by atoms with Crippen molar-refractivity contribution in [2.75, 3.05) is 18.4 Å². The Hall–Kier alpha value is -3.05. The van der Waals surface area contributed by atoms with E-state index in [0.717, 1.165) is 42.7 Å². The van der Waals surface area contributed by atoms with Crippen molar-refractivity contribution in [1.82, 2.24) is 29.6 Å². The maximum Gasteiger partial charge on any atom is 0.419 e. The molecule has 0 radical (unpaired) electrons. The molecule has 1 saturated heterocycles. The number of anilines is 1. The number of H-pyrrole nitrogens is 1. The smallest absolute Gasteiger partial charge is 0.360 e. The minimum Gasteiger partial charge on any atom is -0.360 e. The number of hydrogen-bond donors (Lipinski definition) is 3. The Morgan fingerprint density at radius 2 is 2.09 bits per heavy atom. The van der Waals surface area contributed by atoms with Crippen LogP contribution in [-0.2, 0) is 6.18 Å². The Bertz CT molecular complexity index is 1260. The lowest BCUT2D eigenvalue weighted by molar-refractivity contribution is -0.137. The van der Waals surface area contributed by atoms with E-state index in [2.05, 4.69) is 34.9 Å². The Balaban J connectivity index is 1.56. The molecule has 1 fully saturated rings. The summed E-state index contributed by atoms with van der Waals surface area (Å²) in [6.45, 7) is 3.47. The van der Waals surface area contributed by atoms with E-state index >= 15 is 0 Å². The number of fused-ring (bicyclic) bond motifs is 1. The Morgan fingerprint density at radius 1 is 1.22 bits per heavy atom. The summed E-state index contributed by atoms with van der Waals surface area (Å²) in [5.74, 6) is 0.873. The summed E-state index contributed by atoms with van der Waals surface area (Å²) in [4.78, 5) is 15.7. The Labute approximate surface area is 185 Å². The van der Waals surface area contributed by atoms with Crippen LogP contribution in [0.3, 0.4) is 0 Å². The van der Waals surface area contributed by atoms with Gasteiger partial charge in [0.25, 0.3) is 0 Å². The summed E-state index contributed by atoms with van der Waals surface area (Å²) < 4.78 is 45.5. The first-order valence-corrected chi connectivity index (χ1v) is 11.0. The van der Waals surface area contributed by atoms with Crippen LogP contribution in [0.1, 0.15) is 24.2 Å². The van der Waals surface area contributed by atoms with Gasteiger partial charge in [0.05, 0.1) is 5.69 Å². The molecule has 1 aliphatic heterocycles. The zero-order valence-electron chi connectivity index (χ0n) is 17.1. The molecule has 3 aromatic heterocycles. The van der Waals surface area contributed by atoms with E-state index in [0.29, 0.717) is 22.3 Å². The average molecular weight is 460 g/mol. The topological polar surface area (TPSA) is 91.4 Å². The van der Waals surface area contributed by atoms with Gasteiger partial charge in [-0.2, -0.15) is 17.5 Å². The molecule has 5 rings (SSSR count). The summed E-state index contributed by atoms with van der Waals surface area (Å²) in [6.07, 6.45) is -0.257. The van der Waals surface area contributed by atoms with E-state index in [1.807, 2.05) is 19.1 Å². The fourth-order valence-corrected chi connectivity index (χ4v) is 4.56. The third-order valence-corrected chi connectivity index (χ3v) is 6.29. The summed E-state index contributed by atoms with van der Waals surface area (Å²) in [5, 5.41) is 7.83. The number of aryl methyl sites for hydroxylation is 1. The number of benzene rings is 1. The number of hydrogen-bond acceptors (Lipinski definition) is 7. The van der Waals surface area contributed by atoms with Gasteiger partial charge in [0, 0.05) is 47.0 Å². The predicted octanol–water partition coefficient (Wildman–Crippen LogP) is 4.63. The molecule has 0 unspecified atom stereocenters. The Morgan fingerprint density at radius 3 is 2.81 bits per heavy atom. The van der Waals surface area contributed by atoms with Gasteiger partial charge in [-0.1, -0.05) is 12.1 Å². The minimum atomic E-state index is -4.58. The van der Waals surface area contributed by atoms with Crippen LogP contribution in [0, 0.1) is 6.92 Å². The fraction of sp³-hybridized carbons (Fsp3) is 0.333. The second kappa shape index (κ2) is 8.14. The van der Waals surface area contributed by atoms with Gasteiger partial charge in [-0.15, -0.1) is 0 Å². The number of nitrogens with one attached hydrogen (secondary N) is 3. The number of rotatable bonds is 4. The van der Waals surface area contributed by atoms with Crippen LogP contribution in [0.5, 0.6) is 0 Å². The lowest BCUT2D eigenvalue weighted by Gasteiger charge is -2.24. The first-order valence-electron chi connectivity index (χ1n) is 10.2. The van der Waals surface area contributed by atoms with Gasteiger partial charge in [-0.3, -0.25) is 0 Å². The number of aromatic amines is 1. The fourth-order valence-electron chi connectivity index (χ4n) is 3.89. The van der Waals surface area contributed by atoms with Crippen LogP contribution in [0.15, 0.2) is 30.6 Å². The zero-order valence-corrected chi connectivity index (χ0v) is 17.9. The average Bonchev–Trinajstić information content (AvgIpc) is 3.39. The third kappa shape index (κ3) is 4.05. The molecule has 11 heteroatoms. The maximum absolute atomic E-state index is 13.8. The molecule has 1 atom stereocenters. The van der Waals surface area contributed by atoms with Gasteiger partial charge in [0.15, 0.2) is 0 Å². The molecule has 7 nitrogen and oxygen atoms in total. The van der Waals surface area contributed by atoms with E-state index in [1.165, 1.54) is 11.5 Å². The molecule has 0 saturated carbocycles. The van der Waals surface area contributed by atoms with Crippen molar-refractivity contribution in [2.45, 2.75) is 32.0 Å². The molecular weight excluding hydrogens is 439 g/mol. The molecule has 0 amide bonds. The molecule has 166 valence electrons. The second-order valence-corrected chi connectivity index (χ2v) is 8.50. The maximum atomic E-state index is 13.8. The van der Waals surface area contributed by atoms with Crippen molar-refractivity contribution >= 4 is 28.4 Å². The highest BCUT2D eigenvalue weighted by atomic mass is 32.1. The lowest BCUT2D eigenvalue weighted by atomic mass is 10.0. The first-order chi connectivity index (χ1) is 15.4. The highest BCUT2D eigenvalue weighted by Crippen LogP contribution is 2.39. The van der Waals surface area contributed by atoms with Gasteiger partial charge < -0.3 is 15.6 Å². The third-order valence-electron chi connectivity index (χ3n) is 5.44. The summed E-state index contributed by atoms with van der Waals surface area (Å²) >= 11 is 1.28. The molecule has 4 heterocycles. The van der Waals surface area contributed by atoms with Crippen molar-refractivity contribution in [2.24, 2.45) is 0 Å². The molecule has 4 aromatic rings. The second-order valence-electron chi connectivity index (χ2n) is 7.75. The van der Waals surface area contributed by atoms with Gasteiger partial charge >= 0.3 is 6.18 Å². The molecule has 1 aliphatic rings. The van der Waals surface area contributed by atoms with E-state index in [1.54, 1.807) is 12.3 Å². The molecule has 32 heavy (non-hydrogen) atoms. The quantitative estimate of drug-likeness (QED) is 0.412. The number of piperidine rings is 1. The largest absolute Gasteiger partial charge is 0.419 e. The number of alkyl halides is 3. The Kier molecular flexibility index (Phi) is 5.30. The van der Waals surface area contributed by atoms with Gasteiger partial charge in [-0.25, -0.2) is 15.0 Å².